The second kappa shape index (κ2) is 8.18. The van der Waals surface area contributed by atoms with Gasteiger partial charge in [0.05, 0.1) is 0 Å². The van der Waals surface area contributed by atoms with Crippen molar-refractivity contribution < 1.29 is 0 Å². The SMILES string of the molecule is CCCC1CC=C(c2ccc(C3CCC(CC)CC3)cc2)CC1. The van der Waals surface area contributed by atoms with Gasteiger partial charge in [-0.05, 0) is 79.4 Å². The monoisotopic (exact) mass is 310 g/mol. The average molecular weight is 311 g/mol. The van der Waals surface area contributed by atoms with E-state index in [4.69, 9.17) is 0 Å². The summed E-state index contributed by atoms with van der Waals surface area (Å²) >= 11 is 0. The smallest absolute Gasteiger partial charge is 0.0162 e. The molecule has 0 nitrogen and oxygen atoms in total. The lowest BCUT2D eigenvalue weighted by Crippen LogP contribution is -2.12. The maximum Gasteiger partial charge on any atom is -0.0162 e. The van der Waals surface area contributed by atoms with Gasteiger partial charge < -0.3 is 0 Å². The Balaban J connectivity index is 1.59. The van der Waals surface area contributed by atoms with E-state index in [0.29, 0.717) is 0 Å². The van der Waals surface area contributed by atoms with Crippen LogP contribution in [-0.2, 0) is 0 Å². The molecular weight excluding hydrogens is 276 g/mol. The van der Waals surface area contributed by atoms with Crippen molar-refractivity contribution in [3.8, 4) is 0 Å². The topological polar surface area (TPSA) is 0 Å². The molecule has 2 aliphatic rings. The molecule has 3 rings (SSSR count). The van der Waals surface area contributed by atoms with Crippen molar-refractivity contribution in [1.82, 2.24) is 0 Å². The van der Waals surface area contributed by atoms with Crippen LogP contribution in [0.5, 0.6) is 0 Å². The minimum atomic E-state index is 0.820. The summed E-state index contributed by atoms with van der Waals surface area (Å²) in [6.45, 7) is 4.66. The van der Waals surface area contributed by atoms with Gasteiger partial charge in [0.15, 0.2) is 0 Å². The molecule has 0 aromatic heterocycles. The van der Waals surface area contributed by atoms with Gasteiger partial charge >= 0.3 is 0 Å². The van der Waals surface area contributed by atoms with Crippen molar-refractivity contribution in [2.24, 2.45) is 11.8 Å². The Morgan fingerprint density at radius 3 is 2.17 bits per heavy atom. The van der Waals surface area contributed by atoms with E-state index in [-0.39, 0.29) is 0 Å². The van der Waals surface area contributed by atoms with Crippen LogP contribution in [0.15, 0.2) is 30.3 Å². The van der Waals surface area contributed by atoms with E-state index in [9.17, 15) is 0 Å². The molecule has 1 fully saturated rings. The summed E-state index contributed by atoms with van der Waals surface area (Å²) in [5.41, 5.74) is 4.66. The van der Waals surface area contributed by atoms with Crippen LogP contribution in [0.2, 0.25) is 0 Å². The highest BCUT2D eigenvalue weighted by atomic mass is 14.3. The normalized spacial score (nSPS) is 28.4. The van der Waals surface area contributed by atoms with Crippen molar-refractivity contribution >= 4 is 5.57 Å². The Labute approximate surface area is 143 Å². The molecule has 0 bridgehead atoms. The van der Waals surface area contributed by atoms with E-state index in [1.807, 2.05) is 0 Å². The minimum Gasteiger partial charge on any atom is -0.0804 e. The molecule has 2 aliphatic carbocycles. The average Bonchev–Trinajstić information content (AvgIpc) is 2.63. The Kier molecular flexibility index (Phi) is 5.97. The molecule has 1 aromatic carbocycles. The molecule has 0 heterocycles. The van der Waals surface area contributed by atoms with E-state index >= 15 is 0 Å². The van der Waals surface area contributed by atoms with Gasteiger partial charge in [-0.15, -0.1) is 0 Å². The summed E-state index contributed by atoms with van der Waals surface area (Å²) < 4.78 is 0. The van der Waals surface area contributed by atoms with Gasteiger partial charge in [-0.1, -0.05) is 63.5 Å². The molecule has 1 saturated carbocycles. The first kappa shape index (κ1) is 16.8. The van der Waals surface area contributed by atoms with Crippen LogP contribution in [0.1, 0.15) is 95.1 Å². The highest BCUT2D eigenvalue weighted by Crippen LogP contribution is 2.38. The quantitative estimate of drug-likeness (QED) is 0.533. The highest BCUT2D eigenvalue weighted by Gasteiger charge is 2.21. The van der Waals surface area contributed by atoms with Gasteiger partial charge in [0.2, 0.25) is 0 Å². The molecule has 0 spiro atoms. The molecule has 1 unspecified atom stereocenters. The first-order chi connectivity index (χ1) is 11.3. The number of hydrogen-bond acceptors (Lipinski definition) is 0. The summed E-state index contributed by atoms with van der Waals surface area (Å²) in [6.07, 6.45) is 16.3. The predicted octanol–water partition coefficient (Wildman–Crippen LogP) is 7.35. The van der Waals surface area contributed by atoms with Crippen molar-refractivity contribution in [3.05, 3.63) is 41.5 Å². The van der Waals surface area contributed by atoms with Crippen LogP contribution < -0.4 is 0 Å². The summed E-state index contributed by atoms with van der Waals surface area (Å²) in [4.78, 5) is 0. The summed E-state index contributed by atoms with van der Waals surface area (Å²) in [7, 11) is 0. The summed E-state index contributed by atoms with van der Waals surface area (Å²) in [6, 6.07) is 9.64. The molecular formula is C23H34. The third kappa shape index (κ3) is 4.28. The van der Waals surface area contributed by atoms with E-state index in [0.717, 1.165) is 17.8 Å². The summed E-state index contributed by atoms with van der Waals surface area (Å²) in [5, 5.41) is 0. The van der Waals surface area contributed by atoms with Crippen molar-refractivity contribution in [3.63, 3.8) is 0 Å². The second-order valence-corrected chi connectivity index (χ2v) is 7.91. The van der Waals surface area contributed by atoms with Crippen LogP contribution >= 0.6 is 0 Å². The van der Waals surface area contributed by atoms with E-state index < -0.39 is 0 Å². The Morgan fingerprint density at radius 1 is 0.870 bits per heavy atom. The number of benzene rings is 1. The van der Waals surface area contributed by atoms with Crippen LogP contribution in [0.3, 0.4) is 0 Å². The molecule has 23 heavy (non-hydrogen) atoms. The lowest BCUT2D eigenvalue weighted by molar-refractivity contribution is 0.319. The lowest BCUT2D eigenvalue weighted by atomic mass is 9.77. The molecule has 0 heteroatoms. The van der Waals surface area contributed by atoms with E-state index in [2.05, 4.69) is 44.2 Å². The largest absolute Gasteiger partial charge is 0.0804 e. The maximum absolute atomic E-state index is 2.52. The molecule has 0 N–H and O–H groups in total. The fraction of sp³-hybridized carbons (Fsp3) is 0.652. The zero-order valence-electron chi connectivity index (χ0n) is 15.2. The van der Waals surface area contributed by atoms with E-state index in [1.165, 1.54) is 69.8 Å². The van der Waals surface area contributed by atoms with Gasteiger partial charge in [-0.25, -0.2) is 0 Å². The van der Waals surface area contributed by atoms with Gasteiger partial charge in [0, 0.05) is 0 Å². The second-order valence-electron chi connectivity index (χ2n) is 7.91. The zero-order valence-corrected chi connectivity index (χ0v) is 15.2. The number of hydrogen-bond donors (Lipinski definition) is 0. The Morgan fingerprint density at radius 2 is 1.61 bits per heavy atom. The van der Waals surface area contributed by atoms with Gasteiger partial charge in [-0.3, -0.25) is 0 Å². The fourth-order valence-electron chi connectivity index (χ4n) is 4.69. The third-order valence-corrected chi connectivity index (χ3v) is 6.39. The summed E-state index contributed by atoms with van der Waals surface area (Å²) in [5.74, 6) is 2.76. The first-order valence-electron chi connectivity index (χ1n) is 10.1. The van der Waals surface area contributed by atoms with Crippen molar-refractivity contribution in [2.75, 3.05) is 0 Å². The van der Waals surface area contributed by atoms with E-state index in [1.54, 1.807) is 11.1 Å². The lowest BCUT2D eigenvalue weighted by Gasteiger charge is -2.28. The number of allylic oxidation sites excluding steroid dienone is 2. The third-order valence-electron chi connectivity index (χ3n) is 6.39. The molecule has 0 saturated heterocycles. The maximum atomic E-state index is 2.52. The molecule has 1 aromatic rings. The van der Waals surface area contributed by atoms with Crippen LogP contribution in [0.4, 0.5) is 0 Å². The first-order valence-corrected chi connectivity index (χ1v) is 10.1. The fourth-order valence-corrected chi connectivity index (χ4v) is 4.69. The molecule has 0 radical (unpaired) electrons. The zero-order chi connectivity index (χ0) is 16.1. The minimum absolute atomic E-state index is 0.820. The molecule has 0 amide bonds. The predicted molar refractivity (Wildman–Crippen MR) is 102 cm³/mol. The van der Waals surface area contributed by atoms with Crippen molar-refractivity contribution in [1.29, 1.82) is 0 Å². The highest BCUT2D eigenvalue weighted by molar-refractivity contribution is 5.66. The standard InChI is InChI=1S/C23H34/c1-3-5-19-8-12-21(13-9-19)23-16-14-22(15-17-23)20-10-6-18(4-2)7-11-20/h12,14-20H,3-11,13H2,1-2H3. The van der Waals surface area contributed by atoms with Gasteiger partial charge in [0.25, 0.3) is 0 Å². The molecule has 126 valence electrons. The van der Waals surface area contributed by atoms with Crippen LogP contribution in [0, 0.1) is 11.8 Å². The Hall–Kier alpha value is -1.04. The number of rotatable bonds is 5. The van der Waals surface area contributed by atoms with Gasteiger partial charge in [0.1, 0.15) is 0 Å². The Bertz CT molecular complexity index is 499. The van der Waals surface area contributed by atoms with Crippen LogP contribution in [-0.4, -0.2) is 0 Å². The van der Waals surface area contributed by atoms with Crippen LogP contribution in [0.25, 0.3) is 5.57 Å². The van der Waals surface area contributed by atoms with Gasteiger partial charge in [-0.2, -0.15) is 0 Å². The molecule has 1 atom stereocenters. The van der Waals surface area contributed by atoms with Crippen molar-refractivity contribution in [2.45, 2.75) is 84.0 Å². The molecule has 0 aliphatic heterocycles.